The molecule has 0 aliphatic carbocycles. The number of carbonyl (C=O) groups excluding carboxylic acids is 1. The molecule has 5 heteroatoms. The number of hydrogen-bond acceptors (Lipinski definition) is 2. The average Bonchev–Trinajstić information content (AvgIpc) is 2.31. The molecule has 0 spiro atoms. The maximum atomic E-state index is 11.7. The van der Waals surface area contributed by atoms with Gasteiger partial charge >= 0.3 is 5.97 Å². The van der Waals surface area contributed by atoms with Crippen LogP contribution in [-0.4, -0.2) is 23.5 Å². The molecule has 104 valence electrons. The molecule has 1 amide bonds. The first-order chi connectivity index (χ1) is 8.90. The highest BCUT2D eigenvalue weighted by atomic mass is 79.9. The quantitative estimate of drug-likeness (QED) is 0.843. The van der Waals surface area contributed by atoms with Crippen molar-refractivity contribution in [2.75, 3.05) is 6.54 Å². The van der Waals surface area contributed by atoms with Crippen LogP contribution in [-0.2, 0) is 16.0 Å². The number of carboxylic acid groups (broad SMARTS) is 1. The molecule has 1 rings (SSSR count). The second-order valence-electron chi connectivity index (χ2n) is 4.80. The summed E-state index contributed by atoms with van der Waals surface area (Å²) in [6.45, 7) is 3.84. The van der Waals surface area contributed by atoms with E-state index in [0.29, 0.717) is 0 Å². The molecule has 1 atom stereocenters. The molecule has 4 nitrogen and oxygen atoms in total. The lowest BCUT2D eigenvalue weighted by Crippen LogP contribution is -2.36. The van der Waals surface area contributed by atoms with Crippen LogP contribution in [0.15, 0.2) is 28.7 Å². The van der Waals surface area contributed by atoms with Gasteiger partial charge in [0.1, 0.15) is 0 Å². The zero-order valence-electron chi connectivity index (χ0n) is 11.0. The number of carboxylic acids is 1. The van der Waals surface area contributed by atoms with Gasteiger partial charge in [-0.25, -0.2) is 0 Å². The number of amides is 1. The zero-order valence-corrected chi connectivity index (χ0v) is 12.6. The largest absolute Gasteiger partial charge is 0.481 e. The van der Waals surface area contributed by atoms with Crippen LogP contribution in [0.4, 0.5) is 0 Å². The van der Waals surface area contributed by atoms with E-state index in [1.807, 2.05) is 38.1 Å². The summed E-state index contributed by atoms with van der Waals surface area (Å²) >= 11 is 3.33. The van der Waals surface area contributed by atoms with E-state index in [1.165, 1.54) is 0 Å². The Bertz CT molecular complexity index is 443. The normalized spacial score (nSPS) is 12.2. The van der Waals surface area contributed by atoms with Crippen molar-refractivity contribution in [2.45, 2.75) is 20.3 Å². The third-order valence-electron chi connectivity index (χ3n) is 2.92. The molecule has 0 fully saturated rings. The molecule has 2 N–H and O–H groups in total. The number of rotatable bonds is 6. The first-order valence-corrected chi connectivity index (χ1v) is 6.93. The van der Waals surface area contributed by atoms with Crippen molar-refractivity contribution in [1.29, 1.82) is 0 Å². The minimum atomic E-state index is -0.876. The number of nitrogens with one attached hydrogen (secondary N) is 1. The van der Waals surface area contributed by atoms with E-state index in [1.54, 1.807) is 0 Å². The van der Waals surface area contributed by atoms with Crippen LogP contribution in [0.5, 0.6) is 0 Å². The second kappa shape index (κ2) is 7.28. The van der Waals surface area contributed by atoms with Crippen molar-refractivity contribution in [1.82, 2.24) is 5.32 Å². The highest BCUT2D eigenvalue weighted by molar-refractivity contribution is 9.10. The molecule has 0 aliphatic heterocycles. The van der Waals surface area contributed by atoms with Gasteiger partial charge in [-0.1, -0.05) is 41.9 Å². The van der Waals surface area contributed by atoms with Crippen LogP contribution >= 0.6 is 15.9 Å². The molecule has 1 unspecified atom stereocenters. The van der Waals surface area contributed by atoms with Gasteiger partial charge in [-0.3, -0.25) is 9.59 Å². The first kappa shape index (κ1) is 15.7. The van der Waals surface area contributed by atoms with E-state index in [-0.39, 0.29) is 24.8 Å². The van der Waals surface area contributed by atoms with Crippen molar-refractivity contribution < 1.29 is 14.7 Å². The summed E-state index contributed by atoms with van der Waals surface area (Å²) in [5.41, 5.74) is 0.900. The Morgan fingerprint density at radius 2 is 1.84 bits per heavy atom. The summed E-state index contributed by atoms with van der Waals surface area (Å²) in [5, 5.41) is 11.7. The Kier molecular flexibility index (Phi) is 6.02. The van der Waals surface area contributed by atoms with Crippen molar-refractivity contribution in [3.05, 3.63) is 34.3 Å². The number of carbonyl (C=O) groups is 2. The Balaban J connectivity index is 2.47. The number of halogens is 1. The van der Waals surface area contributed by atoms with Gasteiger partial charge in [-0.2, -0.15) is 0 Å². The van der Waals surface area contributed by atoms with E-state index >= 15 is 0 Å². The highest BCUT2D eigenvalue weighted by Gasteiger charge is 2.21. The van der Waals surface area contributed by atoms with Gasteiger partial charge in [0.25, 0.3) is 0 Å². The molecular weight excluding hydrogens is 310 g/mol. The van der Waals surface area contributed by atoms with Crippen molar-refractivity contribution in [3.63, 3.8) is 0 Å². The lowest BCUT2D eigenvalue weighted by atomic mass is 9.96. The third kappa shape index (κ3) is 5.42. The fraction of sp³-hybridized carbons (Fsp3) is 0.429. The number of hydrogen-bond donors (Lipinski definition) is 2. The third-order valence-corrected chi connectivity index (χ3v) is 3.45. The van der Waals surface area contributed by atoms with Gasteiger partial charge in [0.2, 0.25) is 5.91 Å². The zero-order chi connectivity index (χ0) is 14.4. The molecular formula is C14H18BrNO3. The maximum absolute atomic E-state index is 11.7. The Morgan fingerprint density at radius 1 is 1.26 bits per heavy atom. The number of benzene rings is 1. The topological polar surface area (TPSA) is 66.4 Å². The average molecular weight is 328 g/mol. The minimum absolute atomic E-state index is 0.00881. The smallest absolute Gasteiger partial charge is 0.308 e. The van der Waals surface area contributed by atoms with Crippen LogP contribution in [0.2, 0.25) is 0 Å². The van der Waals surface area contributed by atoms with Gasteiger partial charge in [0, 0.05) is 11.0 Å². The summed E-state index contributed by atoms with van der Waals surface area (Å²) in [4.78, 5) is 22.7. The standard InChI is InChI=1S/C14H18BrNO3/c1-9(2)12(14(18)19)8-16-13(17)7-10-3-5-11(15)6-4-10/h3-6,9,12H,7-8H2,1-2H3,(H,16,17)(H,18,19). The molecule has 19 heavy (non-hydrogen) atoms. The molecule has 1 aromatic carbocycles. The predicted octanol–water partition coefficient (Wildman–Crippen LogP) is 2.46. The Labute approximate surface area is 121 Å². The maximum Gasteiger partial charge on any atom is 0.308 e. The molecule has 0 aromatic heterocycles. The second-order valence-corrected chi connectivity index (χ2v) is 5.71. The van der Waals surface area contributed by atoms with Crippen LogP contribution in [0.3, 0.4) is 0 Å². The molecule has 0 bridgehead atoms. The van der Waals surface area contributed by atoms with E-state index < -0.39 is 11.9 Å². The van der Waals surface area contributed by atoms with Gasteiger partial charge < -0.3 is 10.4 Å². The molecule has 0 aliphatic rings. The van der Waals surface area contributed by atoms with Crippen molar-refractivity contribution >= 4 is 27.8 Å². The summed E-state index contributed by atoms with van der Waals surface area (Å²) in [6, 6.07) is 7.47. The van der Waals surface area contributed by atoms with Crippen LogP contribution in [0.25, 0.3) is 0 Å². The summed E-state index contributed by atoms with van der Waals surface area (Å²) in [5.74, 6) is -1.59. The van der Waals surface area contributed by atoms with Gasteiger partial charge in [0.05, 0.1) is 12.3 Å². The van der Waals surface area contributed by atoms with Crippen LogP contribution in [0, 0.1) is 11.8 Å². The lowest BCUT2D eigenvalue weighted by Gasteiger charge is -2.16. The van der Waals surface area contributed by atoms with Crippen LogP contribution < -0.4 is 5.32 Å². The fourth-order valence-electron chi connectivity index (χ4n) is 1.68. The Morgan fingerprint density at radius 3 is 2.32 bits per heavy atom. The van der Waals surface area contributed by atoms with E-state index in [4.69, 9.17) is 5.11 Å². The highest BCUT2D eigenvalue weighted by Crippen LogP contribution is 2.12. The lowest BCUT2D eigenvalue weighted by molar-refractivity contribution is -0.143. The van der Waals surface area contributed by atoms with E-state index in [2.05, 4.69) is 21.2 Å². The predicted molar refractivity (Wildman–Crippen MR) is 76.8 cm³/mol. The van der Waals surface area contributed by atoms with Gasteiger partial charge in [0.15, 0.2) is 0 Å². The molecule has 1 aromatic rings. The van der Waals surface area contributed by atoms with Crippen molar-refractivity contribution in [2.24, 2.45) is 11.8 Å². The van der Waals surface area contributed by atoms with E-state index in [9.17, 15) is 9.59 Å². The van der Waals surface area contributed by atoms with Crippen LogP contribution in [0.1, 0.15) is 19.4 Å². The summed E-state index contributed by atoms with van der Waals surface area (Å²) in [6.07, 6.45) is 0.262. The summed E-state index contributed by atoms with van der Waals surface area (Å²) < 4.78 is 0.961. The van der Waals surface area contributed by atoms with Crippen molar-refractivity contribution in [3.8, 4) is 0 Å². The van der Waals surface area contributed by atoms with Gasteiger partial charge in [-0.05, 0) is 23.6 Å². The molecule has 0 radical (unpaired) electrons. The summed E-state index contributed by atoms with van der Waals surface area (Å²) in [7, 11) is 0. The fourth-order valence-corrected chi connectivity index (χ4v) is 1.95. The minimum Gasteiger partial charge on any atom is -0.481 e. The van der Waals surface area contributed by atoms with E-state index in [0.717, 1.165) is 10.0 Å². The molecule has 0 heterocycles. The number of aliphatic carboxylic acids is 1. The van der Waals surface area contributed by atoms with Gasteiger partial charge in [-0.15, -0.1) is 0 Å². The Hall–Kier alpha value is -1.36. The SMILES string of the molecule is CC(C)C(CNC(=O)Cc1ccc(Br)cc1)C(=O)O. The first-order valence-electron chi connectivity index (χ1n) is 6.14. The molecule has 0 saturated heterocycles. The monoisotopic (exact) mass is 327 g/mol. The molecule has 0 saturated carbocycles.